The summed E-state index contributed by atoms with van der Waals surface area (Å²) < 4.78 is 11.1. The molecule has 0 bridgehead atoms. The molecule has 1 aromatic carbocycles. The Balaban J connectivity index is 1.29. The molecule has 8 nitrogen and oxygen atoms in total. The summed E-state index contributed by atoms with van der Waals surface area (Å²) in [7, 11) is 0. The van der Waals surface area contributed by atoms with Crippen molar-refractivity contribution in [1.29, 1.82) is 0 Å². The number of ether oxygens (including phenoxy) is 2. The standard InChI is InChI=1S/C20H18ClN5O3/c21-15-2-7-18(24-14-15)28-16-3-5-17(6-4-16)29-20(27)26-12-10-25(11-13-26)19-22-8-1-9-23-19/h1-9,14H,10-13H2. The Hall–Kier alpha value is -3.39. The van der Waals surface area contributed by atoms with Gasteiger partial charge in [0.2, 0.25) is 11.8 Å². The van der Waals surface area contributed by atoms with Gasteiger partial charge in [-0.3, -0.25) is 0 Å². The zero-order chi connectivity index (χ0) is 20.1. The Bertz CT molecular complexity index is 946. The number of anilines is 1. The SMILES string of the molecule is O=C(Oc1ccc(Oc2ccc(Cl)cn2)cc1)N1CCN(c2ncccn2)CC1. The van der Waals surface area contributed by atoms with E-state index in [1.807, 2.05) is 4.90 Å². The molecular weight excluding hydrogens is 394 g/mol. The highest BCUT2D eigenvalue weighted by molar-refractivity contribution is 6.30. The van der Waals surface area contributed by atoms with Gasteiger partial charge in [0.05, 0.1) is 5.02 Å². The Kier molecular flexibility index (Phi) is 5.71. The van der Waals surface area contributed by atoms with Gasteiger partial charge in [-0.15, -0.1) is 0 Å². The minimum Gasteiger partial charge on any atom is -0.439 e. The van der Waals surface area contributed by atoms with Gasteiger partial charge in [-0.25, -0.2) is 19.7 Å². The lowest BCUT2D eigenvalue weighted by molar-refractivity contribution is 0.149. The molecule has 2 aromatic heterocycles. The van der Waals surface area contributed by atoms with Crippen LogP contribution in [0.15, 0.2) is 61.1 Å². The van der Waals surface area contributed by atoms with Crippen LogP contribution < -0.4 is 14.4 Å². The lowest BCUT2D eigenvalue weighted by atomic mass is 10.3. The average Bonchev–Trinajstić information content (AvgIpc) is 2.77. The molecule has 0 spiro atoms. The van der Waals surface area contributed by atoms with Crippen LogP contribution in [0, 0.1) is 0 Å². The summed E-state index contributed by atoms with van der Waals surface area (Å²) in [5.74, 6) is 2.13. The number of carbonyl (C=O) groups is 1. The normalized spacial score (nSPS) is 13.8. The van der Waals surface area contributed by atoms with E-state index in [-0.39, 0.29) is 6.09 Å². The van der Waals surface area contributed by atoms with Gasteiger partial charge in [-0.2, -0.15) is 0 Å². The van der Waals surface area contributed by atoms with E-state index in [0.29, 0.717) is 54.5 Å². The molecule has 0 aliphatic carbocycles. The van der Waals surface area contributed by atoms with Crippen molar-refractivity contribution in [3.05, 3.63) is 66.1 Å². The summed E-state index contributed by atoms with van der Waals surface area (Å²) >= 11 is 5.81. The summed E-state index contributed by atoms with van der Waals surface area (Å²) in [4.78, 5) is 28.7. The van der Waals surface area contributed by atoms with Crippen molar-refractivity contribution in [2.75, 3.05) is 31.1 Å². The van der Waals surface area contributed by atoms with Gasteiger partial charge in [0.1, 0.15) is 11.5 Å². The number of hydrogen-bond donors (Lipinski definition) is 0. The highest BCUT2D eigenvalue weighted by Crippen LogP contribution is 2.23. The fourth-order valence-electron chi connectivity index (χ4n) is 2.83. The molecule has 1 aliphatic rings. The van der Waals surface area contributed by atoms with Crippen LogP contribution in [0.1, 0.15) is 0 Å². The van der Waals surface area contributed by atoms with Gasteiger partial charge >= 0.3 is 6.09 Å². The molecule has 1 fully saturated rings. The maximum Gasteiger partial charge on any atom is 0.415 e. The molecule has 1 amide bonds. The minimum absolute atomic E-state index is 0.383. The number of rotatable bonds is 4. The number of hydrogen-bond acceptors (Lipinski definition) is 7. The van der Waals surface area contributed by atoms with Crippen molar-refractivity contribution in [1.82, 2.24) is 19.9 Å². The second-order valence-corrected chi connectivity index (χ2v) is 6.72. The first kappa shape index (κ1) is 18.9. The van der Waals surface area contributed by atoms with E-state index in [9.17, 15) is 4.79 Å². The second kappa shape index (κ2) is 8.74. The van der Waals surface area contributed by atoms with Gasteiger partial charge in [0.25, 0.3) is 0 Å². The maximum atomic E-state index is 12.4. The fraction of sp³-hybridized carbons (Fsp3) is 0.200. The minimum atomic E-state index is -0.383. The summed E-state index contributed by atoms with van der Waals surface area (Å²) in [6.45, 7) is 2.39. The summed E-state index contributed by atoms with van der Waals surface area (Å²) in [6, 6.07) is 11.9. The van der Waals surface area contributed by atoms with Crippen LogP contribution in [-0.2, 0) is 0 Å². The number of halogens is 1. The molecule has 29 heavy (non-hydrogen) atoms. The molecule has 3 heterocycles. The third-order valence-corrected chi connectivity index (χ3v) is 4.55. The molecule has 3 aromatic rings. The first-order valence-corrected chi connectivity index (χ1v) is 9.43. The van der Waals surface area contributed by atoms with Crippen molar-refractivity contribution in [3.8, 4) is 17.4 Å². The summed E-state index contributed by atoms with van der Waals surface area (Å²) in [5, 5.41) is 0.539. The summed E-state index contributed by atoms with van der Waals surface area (Å²) in [6.07, 6.45) is 4.54. The van der Waals surface area contributed by atoms with Crippen LogP contribution in [0.25, 0.3) is 0 Å². The van der Waals surface area contributed by atoms with Gasteiger partial charge in [0, 0.05) is 50.8 Å². The molecule has 0 saturated carbocycles. The van der Waals surface area contributed by atoms with E-state index < -0.39 is 0 Å². The quantitative estimate of drug-likeness (QED) is 0.648. The fourth-order valence-corrected chi connectivity index (χ4v) is 2.94. The lowest BCUT2D eigenvalue weighted by Gasteiger charge is -2.33. The molecule has 1 aliphatic heterocycles. The number of benzene rings is 1. The van der Waals surface area contributed by atoms with Crippen molar-refractivity contribution >= 4 is 23.6 Å². The van der Waals surface area contributed by atoms with Crippen molar-refractivity contribution in [3.63, 3.8) is 0 Å². The largest absolute Gasteiger partial charge is 0.439 e. The number of piperazine rings is 1. The highest BCUT2D eigenvalue weighted by Gasteiger charge is 2.23. The van der Waals surface area contributed by atoms with Crippen LogP contribution in [0.5, 0.6) is 17.4 Å². The zero-order valence-electron chi connectivity index (χ0n) is 15.4. The first-order valence-electron chi connectivity index (χ1n) is 9.05. The Labute approximate surface area is 172 Å². The molecule has 0 radical (unpaired) electrons. The Morgan fingerprint density at radius 3 is 2.24 bits per heavy atom. The number of aromatic nitrogens is 3. The van der Waals surface area contributed by atoms with Gasteiger partial charge in [-0.05, 0) is 36.4 Å². The molecular formula is C20H18ClN5O3. The number of pyridine rings is 1. The van der Waals surface area contributed by atoms with Crippen LogP contribution >= 0.6 is 11.6 Å². The van der Waals surface area contributed by atoms with Crippen LogP contribution in [0.3, 0.4) is 0 Å². The smallest absolute Gasteiger partial charge is 0.415 e. The van der Waals surface area contributed by atoms with Gasteiger partial charge < -0.3 is 19.3 Å². The maximum absolute atomic E-state index is 12.4. The number of nitrogens with zero attached hydrogens (tertiary/aromatic N) is 5. The van der Waals surface area contributed by atoms with Gasteiger partial charge in [0.15, 0.2) is 0 Å². The van der Waals surface area contributed by atoms with E-state index in [1.165, 1.54) is 6.20 Å². The summed E-state index contributed by atoms with van der Waals surface area (Å²) in [5.41, 5.74) is 0. The monoisotopic (exact) mass is 411 g/mol. The van der Waals surface area contributed by atoms with E-state index in [1.54, 1.807) is 59.8 Å². The molecule has 9 heteroatoms. The third-order valence-electron chi connectivity index (χ3n) is 4.32. The zero-order valence-corrected chi connectivity index (χ0v) is 16.2. The Morgan fingerprint density at radius 2 is 1.59 bits per heavy atom. The third kappa shape index (κ3) is 4.91. The lowest BCUT2D eigenvalue weighted by Crippen LogP contribution is -2.50. The highest BCUT2D eigenvalue weighted by atomic mass is 35.5. The molecule has 148 valence electrons. The Morgan fingerprint density at radius 1 is 0.897 bits per heavy atom. The second-order valence-electron chi connectivity index (χ2n) is 6.28. The van der Waals surface area contributed by atoms with Crippen molar-refractivity contribution < 1.29 is 14.3 Å². The average molecular weight is 412 g/mol. The molecule has 1 saturated heterocycles. The van der Waals surface area contributed by atoms with E-state index >= 15 is 0 Å². The van der Waals surface area contributed by atoms with E-state index in [2.05, 4.69) is 15.0 Å². The van der Waals surface area contributed by atoms with Crippen LogP contribution in [0.4, 0.5) is 10.7 Å². The van der Waals surface area contributed by atoms with Crippen molar-refractivity contribution in [2.24, 2.45) is 0 Å². The molecule has 0 atom stereocenters. The predicted octanol–water partition coefficient (Wildman–Crippen LogP) is 3.64. The number of amides is 1. The topological polar surface area (TPSA) is 80.7 Å². The van der Waals surface area contributed by atoms with Crippen LogP contribution in [0.2, 0.25) is 5.02 Å². The molecule has 0 unspecified atom stereocenters. The molecule has 4 rings (SSSR count). The van der Waals surface area contributed by atoms with E-state index in [0.717, 1.165) is 0 Å². The van der Waals surface area contributed by atoms with Crippen LogP contribution in [-0.4, -0.2) is 52.1 Å². The van der Waals surface area contributed by atoms with E-state index in [4.69, 9.17) is 21.1 Å². The molecule has 0 N–H and O–H groups in total. The van der Waals surface area contributed by atoms with Crippen molar-refractivity contribution in [2.45, 2.75) is 0 Å². The first-order chi connectivity index (χ1) is 14.2. The van der Waals surface area contributed by atoms with Gasteiger partial charge in [-0.1, -0.05) is 11.6 Å². The number of carbonyl (C=O) groups excluding carboxylic acids is 1. The predicted molar refractivity (Wildman–Crippen MR) is 108 cm³/mol.